The van der Waals surface area contributed by atoms with Crippen LogP contribution in [0.1, 0.15) is 11.8 Å². The third kappa shape index (κ3) is 1.98. The van der Waals surface area contributed by atoms with Crippen molar-refractivity contribution in [2.24, 2.45) is 0 Å². The minimum atomic E-state index is -1.30. The molecule has 0 aromatic carbocycles. The van der Waals surface area contributed by atoms with Crippen LogP contribution < -0.4 is 5.73 Å². The van der Waals surface area contributed by atoms with E-state index in [1.54, 1.807) is 0 Å². The van der Waals surface area contributed by atoms with E-state index in [4.69, 9.17) is 10.5 Å². The zero-order valence-electron chi connectivity index (χ0n) is 11.1. The molecule has 3 rings (SSSR count). The van der Waals surface area contributed by atoms with E-state index >= 15 is 0 Å². The lowest BCUT2D eigenvalue weighted by atomic mass is 10.1. The highest BCUT2D eigenvalue weighted by molar-refractivity contribution is 9.10. The SMILES string of the molecule is N#Cc1c(Br)n(C2O[C@H](CO)[C@@H](O)[C@H]2O)c2ncnc(N)c12. The number of nitrogens with two attached hydrogens (primary N) is 1. The van der Waals surface area contributed by atoms with Gasteiger partial charge in [-0.25, -0.2) is 9.97 Å². The molecule has 0 spiro atoms. The molecule has 1 saturated heterocycles. The number of anilines is 1. The van der Waals surface area contributed by atoms with Gasteiger partial charge in [0.1, 0.15) is 46.8 Å². The molecule has 116 valence electrons. The first-order valence-electron chi connectivity index (χ1n) is 6.33. The summed E-state index contributed by atoms with van der Waals surface area (Å²) in [5, 5.41) is 38.9. The molecule has 2 aromatic heterocycles. The van der Waals surface area contributed by atoms with Crippen molar-refractivity contribution in [3.8, 4) is 6.07 Å². The molecule has 4 atom stereocenters. The minimum absolute atomic E-state index is 0.118. The molecule has 3 heterocycles. The summed E-state index contributed by atoms with van der Waals surface area (Å²) in [7, 11) is 0. The number of aliphatic hydroxyl groups excluding tert-OH is 3. The summed E-state index contributed by atoms with van der Waals surface area (Å²) >= 11 is 3.27. The van der Waals surface area contributed by atoms with E-state index in [0.717, 1.165) is 0 Å². The number of nitriles is 1. The van der Waals surface area contributed by atoms with Crippen molar-refractivity contribution >= 4 is 32.8 Å². The molecule has 0 aliphatic carbocycles. The van der Waals surface area contributed by atoms with Crippen LogP contribution >= 0.6 is 15.9 Å². The molecule has 1 aliphatic heterocycles. The fraction of sp³-hybridized carbons (Fsp3) is 0.417. The predicted octanol–water partition coefficient (Wildman–Crippen LogP) is -0.741. The van der Waals surface area contributed by atoms with E-state index in [0.29, 0.717) is 9.99 Å². The number of aromatic nitrogens is 3. The molecular weight excluding hydrogens is 358 g/mol. The summed E-state index contributed by atoms with van der Waals surface area (Å²) in [5.41, 5.74) is 6.28. The second kappa shape index (κ2) is 5.45. The summed E-state index contributed by atoms with van der Waals surface area (Å²) in [5.74, 6) is 0.118. The van der Waals surface area contributed by atoms with Gasteiger partial charge in [-0.15, -0.1) is 0 Å². The van der Waals surface area contributed by atoms with Crippen LogP contribution in [-0.2, 0) is 4.74 Å². The smallest absolute Gasteiger partial charge is 0.165 e. The number of nitrogen functional groups attached to an aromatic ring is 1. The van der Waals surface area contributed by atoms with Crippen LogP contribution in [0.25, 0.3) is 11.0 Å². The van der Waals surface area contributed by atoms with Crippen LogP contribution in [0.5, 0.6) is 0 Å². The standard InChI is InChI=1S/C12H12BrN5O4/c13-9-4(1-14)6-10(15)16-3-17-11(6)18(9)12-8(21)7(20)5(2-19)22-12/h3,5,7-8,12,19-21H,2H2,(H2,15,16,17)/t5-,7-,8-,12?/m1/s1. The van der Waals surface area contributed by atoms with E-state index < -0.39 is 31.1 Å². The Hall–Kier alpha value is -1.77. The number of halogens is 1. The van der Waals surface area contributed by atoms with Gasteiger partial charge in [-0.1, -0.05) is 0 Å². The lowest BCUT2D eigenvalue weighted by Crippen LogP contribution is -2.33. The quantitative estimate of drug-likeness (QED) is 0.540. The third-order valence-corrected chi connectivity index (χ3v) is 4.41. The molecule has 5 N–H and O–H groups in total. The van der Waals surface area contributed by atoms with Crippen LogP contribution in [0.3, 0.4) is 0 Å². The number of rotatable bonds is 2. The summed E-state index contributed by atoms with van der Waals surface area (Å²) in [6.45, 7) is -0.451. The molecule has 9 nitrogen and oxygen atoms in total. The Balaban J connectivity index is 2.23. The molecule has 10 heteroatoms. The molecule has 2 aromatic rings. The molecule has 1 fully saturated rings. The first-order valence-corrected chi connectivity index (χ1v) is 7.13. The second-order valence-electron chi connectivity index (χ2n) is 4.83. The van der Waals surface area contributed by atoms with E-state index in [9.17, 15) is 20.6 Å². The topological polar surface area (TPSA) is 150 Å². The second-order valence-corrected chi connectivity index (χ2v) is 5.59. The Bertz CT molecular complexity index is 773. The summed E-state index contributed by atoms with van der Waals surface area (Å²) in [6, 6.07) is 2.00. The van der Waals surface area contributed by atoms with Crippen LogP contribution in [0.4, 0.5) is 5.82 Å². The van der Waals surface area contributed by atoms with Gasteiger partial charge < -0.3 is 25.8 Å². The normalized spacial score (nSPS) is 28.1. The Morgan fingerprint density at radius 1 is 1.41 bits per heavy atom. The number of fused-ring (bicyclic) bond motifs is 1. The zero-order valence-corrected chi connectivity index (χ0v) is 12.7. The van der Waals surface area contributed by atoms with Gasteiger partial charge in [0.15, 0.2) is 6.23 Å². The van der Waals surface area contributed by atoms with Crippen molar-refractivity contribution in [3.05, 3.63) is 16.5 Å². The van der Waals surface area contributed by atoms with E-state index in [1.807, 2.05) is 6.07 Å². The number of ether oxygens (including phenoxy) is 1. The number of hydrogen-bond acceptors (Lipinski definition) is 8. The van der Waals surface area contributed by atoms with Crippen LogP contribution in [0, 0.1) is 11.3 Å². The maximum Gasteiger partial charge on any atom is 0.165 e. The average Bonchev–Trinajstić information content (AvgIpc) is 2.95. The zero-order chi connectivity index (χ0) is 16.0. The van der Waals surface area contributed by atoms with E-state index in [-0.39, 0.29) is 17.0 Å². The Kier molecular flexibility index (Phi) is 3.75. The van der Waals surface area contributed by atoms with Crippen molar-refractivity contribution in [1.29, 1.82) is 5.26 Å². The highest BCUT2D eigenvalue weighted by Gasteiger charge is 2.45. The lowest BCUT2D eigenvalue weighted by Gasteiger charge is -2.18. The molecule has 0 bridgehead atoms. The van der Waals surface area contributed by atoms with Gasteiger partial charge in [-0.05, 0) is 15.9 Å². The van der Waals surface area contributed by atoms with Gasteiger partial charge in [0.25, 0.3) is 0 Å². The van der Waals surface area contributed by atoms with Crippen LogP contribution in [0.2, 0.25) is 0 Å². The Labute approximate surface area is 132 Å². The fourth-order valence-electron chi connectivity index (χ4n) is 2.56. The third-order valence-electron chi connectivity index (χ3n) is 3.64. The monoisotopic (exact) mass is 369 g/mol. The fourth-order valence-corrected chi connectivity index (χ4v) is 3.21. The van der Waals surface area contributed by atoms with Gasteiger partial charge in [0, 0.05) is 0 Å². The molecule has 1 unspecified atom stereocenters. The summed E-state index contributed by atoms with van der Waals surface area (Å²) in [6.07, 6.45) is -3.30. The first-order chi connectivity index (χ1) is 10.5. The highest BCUT2D eigenvalue weighted by Crippen LogP contribution is 2.39. The lowest BCUT2D eigenvalue weighted by molar-refractivity contribution is -0.0518. The van der Waals surface area contributed by atoms with Gasteiger partial charge >= 0.3 is 0 Å². The van der Waals surface area contributed by atoms with Crippen molar-refractivity contribution in [1.82, 2.24) is 14.5 Å². The van der Waals surface area contributed by atoms with Crippen molar-refractivity contribution < 1.29 is 20.1 Å². The maximum atomic E-state index is 10.2. The van der Waals surface area contributed by atoms with E-state index in [2.05, 4.69) is 25.9 Å². The summed E-state index contributed by atoms with van der Waals surface area (Å²) in [4.78, 5) is 7.93. The largest absolute Gasteiger partial charge is 0.394 e. The highest BCUT2D eigenvalue weighted by atomic mass is 79.9. The predicted molar refractivity (Wildman–Crippen MR) is 77.4 cm³/mol. The van der Waals surface area contributed by atoms with Gasteiger partial charge in [0.2, 0.25) is 0 Å². The molecule has 22 heavy (non-hydrogen) atoms. The average molecular weight is 370 g/mol. The number of nitrogens with zero attached hydrogens (tertiary/aromatic N) is 4. The molecule has 1 aliphatic rings. The Morgan fingerprint density at radius 3 is 2.73 bits per heavy atom. The first kappa shape index (κ1) is 15.1. The van der Waals surface area contributed by atoms with E-state index in [1.165, 1.54) is 10.9 Å². The molecule has 0 saturated carbocycles. The van der Waals surface area contributed by atoms with Crippen molar-refractivity contribution in [3.63, 3.8) is 0 Å². The van der Waals surface area contributed by atoms with Crippen LogP contribution in [0.15, 0.2) is 10.9 Å². The van der Waals surface area contributed by atoms with Gasteiger partial charge in [0.05, 0.1) is 17.6 Å². The number of aliphatic hydroxyl groups is 3. The number of hydrogen-bond donors (Lipinski definition) is 4. The molecule has 0 amide bonds. The van der Waals surface area contributed by atoms with Crippen molar-refractivity contribution in [2.45, 2.75) is 24.5 Å². The Morgan fingerprint density at radius 2 is 2.14 bits per heavy atom. The van der Waals surface area contributed by atoms with Gasteiger partial charge in [-0.2, -0.15) is 5.26 Å². The maximum absolute atomic E-state index is 10.2. The summed E-state index contributed by atoms with van der Waals surface area (Å²) < 4.78 is 7.19. The van der Waals surface area contributed by atoms with Crippen LogP contribution in [-0.4, -0.2) is 54.8 Å². The minimum Gasteiger partial charge on any atom is -0.394 e. The molecule has 0 radical (unpaired) electrons. The van der Waals surface area contributed by atoms with Crippen molar-refractivity contribution in [2.75, 3.05) is 12.3 Å². The van der Waals surface area contributed by atoms with Gasteiger partial charge in [-0.3, -0.25) is 4.57 Å². The molecular formula is C12H12BrN5O4.